The Hall–Kier alpha value is -2.00. The fourth-order valence-corrected chi connectivity index (χ4v) is 2.50. The van der Waals surface area contributed by atoms with E-state index in [1.807, 2.05) is 6.07 Å². The SMILES string of the molecule is COc1cc(CNCc2ccccc2C)ccc1OCCC(C)C. The van der Waals surface area contributed by atoms with Crippen molar-refractivity contribution in [3.05, 3.63) is 59.2 Å². The van der Waals surface area contributed by atoms with Gasteiger partial charge in [-0.2, -0.15) is 0 Å². The molecule has 2 aromatic carbocycles. The van der Waals surface area contributed by atoms with Gasteiger partial charge in [0.25, 0.3) is 0 Å². The quantitative estimate of drug-likeness (QED) is 0.723. The van der Waals surface area contributed by atoms with E-state index in [9.17, 15) is 0 Å². The second kappa shape index (κ2) is 9.33. The largest absolute Gasteiger partial charge is 0.493 e. The second-order valence-electron chi connectivity index (χ2n) is 6.55. The molecule has 3 heteroatoms. The summed E-state index contributed by atoms with van der Waals surface area (Å²) >= 11 is 0. The van der Waals surface area contributed by atoms with Crippen LogP contribution in [0.15, 0.2) is 42.5 Å². The van der Waals surface area contributed by atoms with E-state index in [0.717, 1.165) is 37.6 Å². The summed E-state index contributed by atoms with van der Waals surface area (Å²) in [4.78, 5) is 0. The van der Waals surface area contributed by atoms with Crippen molar-refractivity contribution in [2.75, 3.05) is 13.7 Å². The molecule has 1 N–H and O–H groups in total. The third kappa shape index (κ3) is 5.57. The summed E-state index contributed by atoms with van der Waals surface area (Å²) in [6, 6.07) is 14.6. The summed E-state index contributed by atoms with van der Waals surface area (Å²) in [5.41, 5.74) is 3.84. The molecule has 0 saturated carbocycles. The summed E-state index contributed by atoms with van der Waals surface area (Å²) in [6.07, 6.45) is 1.04. The maximum Gasteiger partial charge on any atom is 0.161 e. The molecule has 0 unspecified atom stereocenters. The third-order valence-corrected chi connectivity index (χ3v) is 4.09. The van der Waals surface area contributed by atoms with Crippen LogP contribution in [0.3, 0.4) is 0 Å². The Bertz CT molecular complexity index is 637. The fourth-order valence-electron chi connectivity index (χ4n) is 2.50. The molecule has 24 heavy (non-hydrogen) atoms. The predicted molar refractivity (Wildman–Crippen MR) is 99.7 cm³/mol. The first-order valence-corrected chi connectivity index (χ1v) is 8.65. The Kier molecular flexibility index (Phi) is 7.13. The highest BCUT2D eigenvalue weighted by atomic mass is 16.5. The maximum absolute atomic E-state index is 5.84. The lowest BCUT2D eigenvalue weighted by Gasteiger charge is -2.13. The van der Waals surface area contributed by atoms with Gasteiger partial charge in [-0.3, -0.25) is 0 Å². The van der Waals surface area contributed by atoms with E-state index in [4.69, 9.17) is 9.47 Å². The molecule has 2 rings (SSSR count). The minimum Gasteiger partial charge on any atom is -0.493 e. The summed E-state index contributed by atoms with van der Waals surface area (Å²) in [5, 5.41) is 3.49. The zero-order chi connectivity index (χ0) is 17.4. The van der Waals surface area contributed by atoms with Crippen molar-refractivity contribution in [2.24, 2.45) is 5.92 Å². The van der Waals surface area contributed by atoms with Crippen LogP contribution < -0.4 is 14.8 Å². The second-order valence-corrected chi connectivity index (χ2v) is 6.55. The molecular weight excluding hydrogens is 298 g/mol. The Morgan fingerprint density at radius 1 is 1.00 bits per heavy atom. The Balaban J connectivity index is 1.90. The van der Waals surface area contributed by atoms with Gasteiger partial charge in [0.2, 0.25) is 0 Å². The summed E-state index contributed by atoms with van der Waals surface area (Å²) in [5.74, 6) is 2.26. The van der Waals surface area contributed by atoms with Gasteiger partial charge >= 0.3 is 0 Å². The van der Waals surface area contributed by atoms with Crippen LogP contribution in [0.4, 0.5) is 0 Å². The fraction of sp³-hybridized carbons (Fsp3) is 0.429. The molecule has 0 fully saturated rings. The first-order valence-electron chi connectivity index (χ1n) is 8.65. The minimum absolute atomic E-state index is 0.640. The van der Waals surface area contributed by atoms with Crippen LogP contribution in [0.1, 0.15) is 37.0 Å². The topological polar surface area (TPSA) is 30.5 Å². The molecular formula is C21H29NO2. The van der Waals surface area contributed by atoms with Crippen LogP contribution in [-0.4, -0.2) is 13.7 Å². The van der Waals surface area contributed by atoms with E-state index in [2.05, 4.69) is 62.5 Å². The Labute approximate surface area is 146 Å². The molecule has 0 aliphatic heterocycles. The van der Waals surface area contributed by atoms with E-state index in [1.165, 1.54) is 16.7 Å². The zero-order valence-electron chi connectivity index (χ0n) is 15.3. The molecule has 0 spiro atoms. The Morgan fingerprint density at radius 2 is 1.79 bits per heavy atom. The monoisotopic (exact) mass is 327 g/mol. The molecule has 0 bridgehead atoms. The predicted octanol–water partition coefficient (Wildman–Crippen LogP) is 4.72. The molecule has 0 aromatic heterocycles. The van der Waals surface area contributed by atoms with Gasteiger partial charge in [-0.15, -0.1) is 0 Å². The number of aryl methyl sites for hydroxylation is 1. The molecule has 0 aliphatic rings. The minimum atomic E-state index is 0.640. The lowest BCUT2D eigenvalue weighted by atomic mass is 10.1. The lowest BCUT2D eigenvalue weighted by molar-refractivity contribution is 0.273. The number of ether oxygens (including phenoxy) is 2. The number of benzene rings is 2. The first kappa shape index (κ1) is 18.3. The molecule has 0 saturated heterocycles. The average molecular weight is 327 g/mol. The Morgan fingerprint density at radius 3 is 2.50 bits per heavy atom. The van der Waals surface area contributed by atoms with Crippen LogP contribution in [0.2, 0.25) is 0 Å². The molecule has 130 valence electrons. The van der Waals surface area contributed by atoms with Gasteiger partial charge in [0.1, 0.15) is 0 Å². The van der Waals surface area contributed by atoms with Gasteiger partial charge in [0.15, 0.2) is 11.5 Å². The summed E-state index contributed by atoms with van der Waals surface area (Å²) in [6.45, 7) is 8.93. The van der Waals surface area contributed by atoms with Crippen molar-refractivity contribution in [3.8, 4) is 11.5 Å². The molecule has 0 atom stereocenters. The zero-order valence-corrected chi connectivity index (χ0v) is 15.3. The first-order chi connectivity index (χ1) is 11.6. The van der Waals surface area contributed by atoms with Crippen molar-refractivity contribution in [1.82, 2.24) is 5.32 Å². The van der Waals surface area contributed by atoms with Gasteiger partial charge in [-0.25, -0.2) is 0 Å². The number of nitrogens with one attached hydrogen (secondary N) is 1. The van der Waals surface area contributed by atoms with Crippen molar-refractivity contribution in [1.29, 1.82) is 0 Å². The molecule has 0 amide bonds. The van der Waals surface area contributed by atoms with Crippen LogP contribution in [0, 0.1) is 12.8 Å². The van der Waals surface area contributed by atoms with E-state index < -0.39 is 0 Å². The highest BCUT2D eigenvalue weighted by molar-refractivity contribution is 5.43. The van der Waals surface area contributed by atoms with Crippen LogP contribution >= 0.6 is 0 Å². The van der Waals surface area contributed by atoms with Gasteiger partial charge in [0, 0.05) is 13.1 Å². The van der Waals surface area contributed by atoms with Gasteiger partial charge in [0.05, 0.1) is 13.7 Å². The van der Waals surface area contributed by atoms with Crippen LogP contribution in [0.5, 0.6) is 11.5 Å². The number of rotatable bonds is 9. The third-order valence-electron chi connectivity index (χ3n) is 4.09. The van der Waals surface area contributed by atoms with Crippen molar-refractivity contribution in [3.63, 3.8) is 0 Å². The number of hydrogen-bond acceptors (Lipinski definition) is 3. The van der Waals surface area contributed by atoms with Crippen molar-refractivity contribution in [2.45, 2.75) is 40.3 Å². The number of methoxy groups -OCH3 is 1. The van der Waals surface area contributed by atoms with E-state index in [1.54, 1.807) is 7.11 Å². The van der Waals surface area contributed by atoms with Gasteiger partial charge in [-0.1, -0.05) is 44.2 Å². The molecule has 0 aliphatic carbocycles. The molecule has 0 heterocycles. The summed E-state index contributed by atoms with van der Waals surface area (Å²) in [7, 11) is 1.69. The smallest absolute Gasteiger partial charge is 0.161 e. The van der Waals surface area contributed by atoms with Crippen molar-refractivity contribution < 1.29 is 9.47 Å². The number of hydrogen-bond donors (Lipinski definition) is 1. The average Bonchev–Trinajstić information content (AvgIpc) is 2.57. The summed E-state index contributed by atoms with van der Waals surface area (Å²) < 4.78 is 11.3. The standard InChI is InChI=1S/C21H29NO2/c1-16(2)11-12-24-20-10-9-18(13-21(20)23-4)14-22-15-19-8-6-5-7-17(19)3/h5-10,13,16,22H,11-12,14-15H2,1-4H3. The van der Waals surface area contributed by atoms with Crippen LogP contribution in [0.25, 0.3) is 0 Å². The molecule has 3 nitrogen and oxygen atoms in total. The highest BCUT2D eigenvalue weighted by Crippen LogP contribution is 2.28. The highest BCUT2D eigenvalue weighted by Gasteiger charge is 2.06. The lowest BCUT2D eigenvalue weighted by Crippen LogP contribution is -2.13. The van der Waals surface area contributed by atoms with E-state index >= 15 is 0 Å². The van der Waals surface area contributed by atoms with Gasteiger partial charge < -0.3 is 14.8 Å². The van der Waals surface area contributed by atoms with E-state index in [-0.39, 0.29) is 0 Å². The normalized spacial score (nSPS) is 10.9. The van der Waals surface area contributed by atoms with Crippen molar-refractivity contribution >= 4 is 0 Å². The maximum atomic E-state index is 5.84. The van der Waals surface area contributed by atoms with Gasteiger partial charge in [-0.05, 0) is 48.1 Å². The van der Waals surface area contributed by atoms with Crippen LogP contribution in [-0.2, 0) is 13.1 Å². The molecule has 2 aromatic rings. The molecule has 0 radical (unpaired) electrons. The van der Waals surface area contributed by atoms with E-state index in [0.29, 0.717) is 5.92 Å².